The molecule has 2 aliphatic rings. The first-order valence-electron chi connectivity index (χ1n) is 10.0. The lowest BCUT2D eigenvalue weighted by Crippen LogP contribution is -2.68. The number of unbranched alkanes of at least 4 members (excludes halogenated alkanes) is 2. The van der Waals surface area contributed by atoms with Gasteiger partial charge in [-0.1, -0.05) is 12.8 Å². The molecule has 0 bridgehead atoms. The summed E-state index contributed by atoms with van der Waals surface area (Å²) in [6, 6.07) is 0. The van der Waals surface area contributed by atoms with Gasteiger partial charge < -0.3 is 40.9 Å². The number of aliphatic hydroxyl groups is 6. The Kier molecular flexibility index (Phi) is 6.68. The monoisotopic (exact) mass is 420 g/mol. The lowest BCUT2D eigenvalue weighted by atomic mass is 9.87. The molecule has 168 valence electrons. The van der Waals surface area contributed by atoms with Crippen LogP contribution in [0.1, 0.15) is 77.0 Å². The molecule has 0 aromatic heterocycles. The highest BCUT2D eigenvalue weighted by molar-refractivity contribution is 5.78. The number of hydrogen-bond acceptors (Lipinski definition) is 8. The molecule has 29 heavy (non-hydrogen) atoms. The maximum atomic E-state index is 11.1. The molecule has 0 atom stereocenters. The Morgan fingerprint density at radius 3 is 1.17 bits per heavy atom. The number of carboxylic acid groups (broad SMARTS) is 2. The molecule has 0 aromatic rings. The average Bonchev–Trinajstić information content (AvgIpc) is 3.51. The van der Waals surface area contributed by atoms with Crippen LogP contribution in [0, 0.1) is 10.8 Å². The SMILES string of the molecule is O=C(O)C1(CCCCC(O)(O)C(O)(O)C(O)(O)CCCCC2(C(=O)O)CC2)CC1. The predicted octanol–water partition coefficient (Wildman–Crippen LogP) is -0.121. The van der Waals surface area contributed by atoms with Crippen molar-refractivity contribution >= 4 is 11.9 Å². The summed E-state index contributed by atoms with van der Waals surface area (Å²) in [5, 5.41) is 78.5. The van der Waals surface area contributed by atoms with Crippen LogP contribution in [0.25, 0.3) is 0 Å². The molecular formula is C19H32O10. The van der Waals surface area contributed by atoms with E-state index in [0.29, 0.717) is 51.4 Å². The van der Waals surface area contributed by atoms with Gasteiger partial charge in [0.2, 0.25) is 11.6 Å². The van der Waals surface area contributed by atoms with Crippen molar-refractivity contribution in [2.24, 2.45) is 10.8 Å². The van der Waals surface area contributed by atoms with E-state index < -0.39 is 53.0 Å². The third-order valence-electron chi connectivity index (χ3n) is 6.59. The quantitative estimate of drug-likeness (QED) is 0.138. The maximum Gasteiger partial charge on any atom is 0.309 e. The van der Waals surface area contributed by atoms with Crippen molar-refractivity contribution in [3.8, 4) is 0 Å². The van der Waals surface area contributed by atoms with Gasteiger partial charge in [0, 0.05) is 12.8 Å². The second kappa shape index (κ2) is 8.09. The fourth-order valence-electron chi connectivity index (χ4n) is 3.78. The first-order chi connectivity index (χ1) is 13.2. The highest BCUT2D eigenvalue weighted by Crippen LogP contribution is 2.51. The summed E-state index contributed by atoms with van der Waals surface area (Å²) >= 11 is 0. The molecule has 2 rings (SSSR count). The Morgan fingerprint density at radius 2 is 0.931 bits per heavy atom. The molecule has 0 amide bonds. The summed E-state index contributed by atoms with van der Waals surface area (Å²) in [5.74, 6) is -11.9. The van der Waals surface area contributed by atoms with Crippen molar-refractivity contribution in [1.29, 1.82) is 0 Å². The summed E-state index contributed by atoms with van der Waals surface area (Å²) < 4.78 is 0. The van der Waals surface area contributed by atoms with E-state index in [4.69, 9.17) is 10.2 Å². The highest BCUT2D eigenvalue weighted by Gasteiger charge is 2.60. The Labute approximate surface area is 168 Å². The fraction of sp³-hybridized carbons (Fsp3) is 0.895. The molecule has 10 heteroatoms. The second-order valence-corrected chi connectivity index (χ2v) is 8.89. The van der Waals surface area contributed by atoms with Gasteiger partial charge in [-0.25, -0.2) is 0 Å². The molecular weight excluding hydrogens is 388 g/mol. The number of hydrogen-bond donors (Lipinski definition) is 8. The first-order valence-corrected chi connectivity index (χ1v) is 10.0. The van der Waals surface area contributed by atoms with Crippen LogP contribution >= 0.6 is 0 Å². The molecule has 0 aliphatic heterocycles. The average molecular weight is 420 g/mol. The molecule has 0 spiro atoms. The van der Waals surface area contributed by atoms with Gasteiger partial charge in [-0.3, -0.25) is 9.59 Å². The van der Waals surface area contributed by atoms with Crippen molar-refractivity contribution in [3.05, 3.63) is 0 Å². The lowest BCUT2D eigenvalue weighted by molar-refractivity contribution is -0.454. The standard InChI is InChI=1S/C19H32O10/c20-13(21)15(9-10-15)5-1-3-7-17(24,25)19(28,29)18(26,27)8-4-2-6-16(11-12-16)14(22)23/h24-29H,1-12H2,(H,20,21)(H,22,23). The molecule has 10 nitrogen and oxygen atoms in total. The van der Waals surface area contributed by atoms with Gasteiger partial charge in [-0.2, -0.15) is 0 Å². The summed E-state index contributed by atoms with van der Waals surface area (Å²) in [7, 11) is 0. The predicted molar refractivity (Wildman–Crippen MR) is 97.0 cm³/mol. The van der Waals surface area contributed by atoms with Crippen LogP contribution in [-0.4, -0.2) is 70.2 Å². The Balaban J connectivity index is 1.80. The summed E-state index contributed by atoms with van der Waals surface area (Å²) in [5.41, 5.74) is -1.56. The van der Waals surface area contributed by atoms with Crippen LogP contribution in [0.2, 0.25) is 0 Å². The van der Waals surface area contributed by atoms with E-state index >= 15 is 0 Å². The Morgan fingerprint density at radius 1 is 0.621 bits per heavy atom. The molecule has 8 N–H and O–H groups in total. The van der Waals surface area contributed by atoms with Gasteiger partial charge in [0.05, 0.1) is 10.8 Å². The molecule has 0 radical (unpaired) electrons. The summed E-state index contributed by atoms with van der Waals surface area (Å²) in [4.78, 5) is 22.2. The maximum absolute atomic E-state index is 11.1. The fourth-order valence-corrected chi connectivity index (χ4v) is 3.78. The molecule has 2 aliphatic carbocycles. The normalized spacial score (nSPS) is 20.3. The Bertz CT molecular complexity index is 564. The molecule has 2 fully saturated rings. The number of carboxylic acids is 2. The molecule has 0 aromatic carbocycles. The van der Waals surface area contributed by atoms with E-state index in [9.17, 15) is 40.2 Å². The van der Waals surface area contributed by atoms with Crippen molar-refractivity contribution in [2.75, 3.05) is 0 Å². The zero-order valence-electron chi connectivity index (χ0n) is 16.4. The third kappa shape index (κ3) is 5.07. The smallest absolute Gasteiger partial charge is 0.309 e. The van der Waals surface area contributed by atoms with Crippen LogP contribution < -0.4 is 0 Å². The van der Waals surface area contributed by atoms with Gasteiger partial charge in [0.15, 0.2) is 0 Å². The van der Waals surface area contributed by atoms with Gasteiger partial charge in [0.25, 0.3) is 5.79 Å². The van der Waals surface area contributed by atoms with Crippen LogP contribution in [0.5, 0.6) is 0 Å². The topological polar surface area (TPSA) is 196 Å². The van der Waals surface area contributed by atoms with Crippen molar-refractivity contribution in [1.82, 2.24) is 0 Å². The van der Waals surface area contributed by atoms with Gasteiger partial charge in [0.1, 0.15) is 0 Å². The van der Waals surface area contributed by atoms with Crippen LogP contribution in [0.4, 0.5) is 0 Å². The van der Waals surface area contributed by atoms with Crippen LogP contribution in [0.15, 0.2) is 0 Å². The minimum atomic E-state index is -3.64. The van der Waals surface area contributed by atoms with E-state index in [1.165, 1.54) is 0 Å². The minimum Gasteiger partial charge on any atom is -0.481 e. The van der Waals surface area contributed by atoms with E-state index in [0.717, 1.165) is 0 Å². The minimum absolute atomic E-state index is 0.0438. The van der Waals surface area contributed by atoms with Crippen LogP contribution in [0.3, 0.4) is 0 Å². The molecule has 2 saturated carbocycles. The van der Waals surface area contributed by atoms with Gasteiger partial charge in [-0.05, 0) is 51.4 Å². The van der Waals surface area contributed by atoms with Gasteiger partial charge in [-0.15, -0.1) is 0 Å². The largest absolute Gasteiger partial charge is 0.481 e. The third-order valence-corrected chi connectivity index (χ3v) is 6.59. The highest BCUT2D eigenvalue weighted by atomic mass is 16.7. The van der Waals surface area contributed by atoms with Crippen LogP contribution in [-0.2, 0) is 9.59 Å². The molecule has 0 saturated heterocycles. The van der Waals surface area contributed by atoms with Crippen molar-refractivity contribution < 1.29 is 50.4 Å². The number of aliphatic carboxylic acids is 2. The van der Waals surface area contributed by atoms with Crippen molar-refractivity contribution in [2.45, 2.75) is 94.4 Å². The summed E-state index contributed by atoms with van der Waals surface area (Å²) in [6.45, 7) is 0. The van der Waals surface area contributed by atoms with E-state index in [1.807, 2.05) is 0 Å². The second-order valence-electron chi connectivity index (χ2n) is 8.89. The van der Waals surface area contributed by atoms with Crippen molar-refractivity contribution in [3.63, 3.8) is 0 Å². The number of carbonyl (C=O) groups is 2. The molecule has 0 heterocycles. The Hall–Kier alpha value is -1.30. The molecule has 0 unspecified atom stereocenters. The zero-order chi connectivity index (χ0) is 22.1. The zero-order valence-corrected chi connectivity index (χ0v) is 16.4. The van der Waals surface area contributed by atoms with Gasteiger partial charge >= 0.3 is 11.9 Å². The first kappa shape index (κ1) is 24.0. The number of rotatable bonds is 14. The van der Waals surface area contributed by atoms with E-state index in [2.05, 4.69) is 0 Å². The van der Waals surface area contributed by atoms with E-state index in [1.54, 1.807) is 0 Å². The van der Waals surface area contributed by atoms with E-state index in [-0.39, 0.29) is 12.8 Å². The lowest BCUT2D eigenvalue weighted by Gasteiger charge is -2.43. The summed E-state index contributed by atoms with van der Waals surface area (Å²) in [6.07, 6.45) is 2.33.